The van der Waals surface area contributed by atoms with Crippen molar-refractivity contribution in [3.8, 4) is 0 Å². The maximum atomic E-state index is 12.5. The van der Waals surface area contributed by atoms with Crippen LogP contribution in [0.15, 0.2) is 36.9 Å². The van der Waals surface area contributed by atoms with Crippen LogP contribution in [0.3, 0.4) is 0 Å². The Labute approximate surface area is 148 Å². The maximum absolute atomic E-state index is 12.5. The van der Waals surface area contributed by atoms with Gasteiger partial charge in [-0.3, -0.25) is 0 Å². The minimum Gasteiger partial charge on any atom is -0.381 e. The van der Waals surface area contributed by atoms with E-state index in [0.717, 1.165) is 37.3 Å². The van der Waals surface area contributed by atoms with Crippen molar-refractivity contribution >= 4 is 6.03 Å². The van der Waals surface area contributed by atoms with Crippen molar-refractivity contribution in [2.75, 3.05) is 26.3 Å². The third-order valence-electron chi connectivity index (χ3n) is 4.52. The van der Waals surface area contributed by atoms with Crippen molar-refractivity contribution in [2.24, 2.45) is 5.92 Å². The number of rotatable bonds is 7. The summed E-state index contributed by atoms with van der Waals surface area (Å²) in [6.45, 7) is 6.16. The van der Waals surface area contributed by atoms with E-state index >= 15 is 0 Å². The Morgan fingerprint density at radius 3 is 2.92 bits per heavy atom. The maximum Gasteiger partial charge on any atom is 0.317 e. The Hall–Kier alpha value is -2.41. The van der Waals surface area contributed by atoms with Gasteiger partial charge in [-0.25, -0.2) is 14.5 Å². The molecule has 2 heterocycles. The van der Waals surface area contributed by atoms with Gasteiger partial charge in [0, 0.05) is 32.2 Å². The van der Waals surface area contributed by atoms with E-state index in [4.69, 9.17) is 4.74 Å². The zero-order valence-electron chi connectivity index (χ0n) is 14.6. The second-order valence-electron chi connectivity index (χ2n) is 6.29. The van der Waals surface area contributed by atoms with Crippen molar-refractivity contribution in [2.45, 2.75) is 26.4 Å². The van der Waals surface area contributed by atoms with Crippen LogP contribution >= 0.6 is 0 Å². The van der Waals surface area contributed by atoms with Gasteiger partial charge in [0.2, 0.25) is 0 Å². The molecule has 1 atom stereocenters. The van der Waals surface area contributed by atoms with Crippen LogP contribution in [0.1, 0.15) is 24.5 Å². The number of hydrogen-bond acceptors (Lipinski definition) is 4. The molecule has 1 aliphatic rings. The van der Waals surface area contributed by atoms with Crippen LogP contribution in [-0.4, -0.2) is 52.0 Å². The van der Waals surface area contributed by atoms with Gasteiger partial charge in [-0.2, -0.15) is 5.10 Å². The second-order valence-corrected chi connectivity index (χ2v) is 6.29. The number of carbonyl (C=O) groups excluding carboxylic acids is 1. The minimum atomic E-state index is -0.0232. The van der Waals surface area contributed by atoms with Crippen molar-refractivity contribution in [1.29, 1.82) is 0 Å². The third kappa shape index (κ3) is 4.79. The molecule has 25 heavy (non-hydrogen) atoms. The Bertz CT molecular complexity index is 668. The summed E-state index contributed by atoms with van der Waals surface area (Å²) in [7, 11) is 0. The molecule has 7 nitrogen and oxygen atoms in total. The average Bonchev–Trinajstić information content (AvgIpc) is 3.32. The number of amides is 2. The molecule has 1 saturated heterocycles. The molecule has 1 N–H and O–H groups in total. The summed E-state index contributed by atoms with van der Waals surface area (Å²) < 4.78 is 7.18. The van der Waals surface area contributed by atoms with Crippen molar-refractivity contribution in [1.82, 2.24) is 25.0 Å². The largest absolute Gasteiger partial charge is 0.381 e. The molecule has 1 aliphatic heterocycles. The summed E-state index contributed by atoms with van der Waals surface area (Å²) in [5.74, 6) is 0.449. The number of nitrogens with zero attached hydrogens (tertiary/aromatic N) is 4. The summed E-state index contributed by atoms with van der Waals surface area (Å²) in [5, 5.41) is 7.19. The Balaban J connectivity index is 1.57. The van der Waals surface area contributed by atoms with E-state index in [0.29, 0.717) is 25.6 Å². The summed E-state index contributed by atoms with van der Waals surface area (Å²) in [6.07, 6.45) is 4.25. The van der Waals surface area contributed by atoms with E-state index in [1.807, 2.05) is 30.0 Å². The van der Waals surface area contributed by atoms with E-state index < -0.39 is 0 Å². The molecule has 1 fully saturated rings. The van der Waals surface area contributed by atoms with Gasteiger partial charge in [-0.15, -0.1) is 0 Å². The second kappa shape index (κ2) is 8.62. The molecule has 7 heteroatoms. The molecule has 0 saturated carbocycles. The van der Waals surface area contributed by atoms with E-state index in [9.17, 15) is 4.79 Å². The molecule has 2 amide bonds. The van der Waals surface area contributed by atoms with Crippen LogP contribution in [0, 0.1) is 5.92 Å². The van der Waals surface area contributed by atoms with Crippen LogP contribution in [0.5, 0.6) is 0 Å². The molecule has 134 valence electrons. The SMILES string of the molecule is CCN(C[C@H]1CCOC1)C(=O)NCc1ccccc1Cn1cncn1. The predicted octanol–water partition coefficient (Wildman–Crippen LogP) is 1.89. The lowest BCUT2D eigenvalue weighted by Gasteiger charge is -2.24. The molecular formula is C18H25N5O2. The van der Waals surface area contributed by atoms with E-state index in [1.54, 1.807) is 11.0 Å². The van der Waals surface area contributed by atoms with E-state index in [-0.39, 0.29) is 6.03 Å². The number of hydrogen-bond donors (Lipinski definition) is 1. The zero-order chi connectivity index (χ0) is 17.5. The Morgan fingerprint density at radius 2 is 2.24 bits per heavy atom. The van der Waals surface area contributed by atoms with Crippen LogP contribution in [0.2, 0.25) is 0 Å². The van der Waals surface area contributed by atoms with Gasteiger partial charge in [-0.05, 0) is 24.5 Å². The number of nitrogens with one attached hydrogen (secondary N) is 1. The first-order valence-corrected chi connectivity index (χ1v) is 8.76. The van der Waals surface area contributed by atoms with Crippen molar-refractivity contribution < 1.29 is 9.53 Å². The van der Waals surface area contributed by atoms with Gasteiger partial charge in [0.15, 0.2) is 0 Å². The molecule has 1 aromatic heterocycles. The van der Waals surface area contributed by atoms with Gasteiger partial charge in [-0.1, -0.05) is 24.3 Å². The summed E-state index contributed by atoms with van der Waals surface area (Å²) >= 11 is 0. The number of urea groups is 1. The van der Waals surface area contributed by atoms with Gasteiger partial charge < -0.3 is 15.0 Å². The fourth-order valence-corrected chi connectivity index (χ4v) is 3.05. The quantitative estimate of drug-likeness (QED) is 0.833. The van der Waals surface area contributed by atoms with Crippen LogP contribution in [0.25, 0.3) is 0 Å². The number of aromatic nitrogens is 3. The molecule has 3 rings (SSSR count). The van der Waals surface area contributed by atoms with E-state index in [2.05, 4.69) is 21.5 Å². The van der Waals surface area contributed by atoms with Gasteiger partial charge >= 0.3 is 6.03 Å². The van der Waals surface area contributed by atoms with E-state index in [1.165, 1.54) is 6.33 Å². The topological polar surface area (TPSA) is 72.3 Å². The molecule has 0 aliphatic carbocycles. The summed E-state index contributed by atoms with van der Waals surface area (Å²) in [5.41, 5.74) is 2.21. The fraction of sp³-hybridized carbons (Fsp3) is 0.500. The van der Waals surface area contributed by atoms with Crippen LogP contribution in [-0.2, 0) is 17.8 Å². The van der Waals surface area contributed by atoms with Gasteiger partial charge in [0.1, 0.15) is 12.7 Å². The third-order valence-corrected chi connectivity index (χ3v) is 4.52. The lowest BCUT2D eigenvalue weighted by Crippen LogP contribution is -2.42. The standard InChI is InChI=1S/C18H25N5O2/c1-2-22(10-15-7-8-25-12-15)18(24)20-9-16-5-3-4-6-17(16)11-23-14-19-13-21-23/h3-6,13-15H,2,7-12H2,1H3,(H,20,24)/t15-/m1/s1. The number of benzene rings is 1. The molecule has 0 radical (unpaired) electrons. The number of carbonyl (C=O) groups is 1. The first-order valence-electron chi connectivity index (χ1n) is 8.76. The number of ether oxygens (including phenoxy) is 1. The molecular weight excluding hydrogens is 318 g/mol. The summed E-state index contributed by atoms with van der Waals surface area (Å²) in [6, 6.07) is 8.05. The highest BCUT2D eigenvalue weighted by Crippen LogP contribution is 2.14. The van der Waals surface area contributed by atoms with Gasteiger partial charge in [0.05, 0.1) is 13.2 Å². The predicted molar refractivity (Wildman–Crippen MR) is 94.0 cm³/mol. The lowest BCUT2D eigenvalue weighted by atomic mass is 10.1. The molecule has 1 aromatic carbocycles. The zero-order valence-corrected chi connectivity index (χ0v) is 14.6. The van der Waals surface area contributed by atoms with Crippen molar-refractivity contribution in [3.05, 3.63) is 48.0 Å². The minimum absolute atomic E-state index is 0.0232. The van der Waals surface area contributed by atoms with Crippen LogP contribution in [0.4, 0.5) is 4.79 Å². The molecule has 0 unspecified atom stereocenters. The monoisotopic (exact) mass is 343 g/mol. The molecule has 0 spiro atoms. The molecule has 2 aromatic rings. The average molecular weight is 343 g/mol. The lowest BCUT2D eigenvalue weighted by molar-refractivity contribution is 0.166. The Morgan fingerprint density at radius 1 is 1.40 bits per heavy atom. The van der Waals surface area contributed by atoms with Gasteiger partial charge in [0.25, 0.3) is 0 Å². The highest BCUT2D eigenvalue weighted by atomic mass is 16.5. The van der Waals surface area contributed by atoms with Crippen LogP contribution < -0.4 is 5.32 Å². The normalized spacial score (nSPS) is 16.8. The fourth-order valence-electron chi connectivity index (χ4n) is 3.05. The smallest absolute Gasteiger partial charge is 0.317 e. The first kappa shape index (κ1) is 17.4. The molecule has 0 bridgehead atoms. The first-order chi connectivity index (χ1) is 12.3. The highest BCUT2D eigenvalue weighted by Gasteiger charge is 2.21. The highest BCUT2D eigenvalue weighted by molar-refractivity contribution is 5.74. The Kier molecular flexibility index (Phi) is 6.00. The summed E-state index contributed by atoms with van der Waals surface area (Å²) in [4.78, 5) is 18.3. The van der Waals surface area contributed by atoms with Crippen molar-refractivity contribution in [3.63, 3.8) is 0 Å².